The second-order valence-corrected chi connectivity index (χ2v) is 6.64. The van der Waals surface area contributed by atoms with Gasteiger partial charge in [0.2, 0.25) is 5.78 Å². The first-order valence-corrected chi connectivity index (χ1v) is 7.86. The summed E-state index contributed by atoms with van der Waals surface area (Å²) in [5.74, 6) is -0.746. The summed E-state index contributed by atoms with van der Waals surface area (Å²) in [5.41, 5.74) is 1.41. The molecule has 0 saturated heterocycles. The van der Waals surface area contributed by atoms with Crippen LogP contribution < -0.4 is 0 Å². The summed E-state index contributed by atoms with van der Waals surface area (Å²) in [6.07, 6.45) is 2.88. The maximum absolute atomic E-state index is 12.0. The van der Waals surface area contributed by atoms with E-state index in [0.717, 1.165) is 15.3 Å². The Morgan fingerprint density at radius 2 is 2.05 bits per heavy atom. The Labute approximate surface area is 138 Å². The van der Waals surface area contributed by atoms with Crippen LogP contribution in [-0.4, -0.2) is 18.4 Å². The molecule has 0 amide bonds. The molecule has 22 heavy (non-hydrogen) atoms. The van der Waals surface area contributed by atoms with Crippen LogP contribution in [0.15, 0.2) is 36.4 Å². The standard InChI is InChI=1S/C17H15ClO3S/c1-11-8-15(12(2)22-11)16(19)10-21-17(20)7-6-13-4-3-5-14(18)9-13/h3-9H,10H2,1-2H3/b7-6+. The van der Waals surface area contributed by atoms with Gasteiger partial charge in [-0.15, -0.1) is 11.3 Å². The van der Waals surface area contributed by atoms with Crippen LogP contribution in [0, 0.1) is 13.8 Å². The highest BCUT2D eigenvalue weighted by atomic mass is 35.5. The SMILES string of the molecule is Cc1cc(C(=O)COC(=O)/C=C/c2cccc(Cl)c2)c(C)s1. The molecule has 0 fully saturated rings. The van der Waals surface area contributed by atoms with Crippen LogP contribution in [0.4, 0.5) is 0 Å². The minimum atomic E-state index is -0.557. The van der Waals surface area contributed by atoms with Crippen molar-refractivity contribution in [1.82, 2.24) is 0 Å². The van der Waals surface area contributed by atoms with Gasteiger partial charge in [0.05, 0.1) is 0 Å². The maximum atomic E-state index is 12.0. The first-order valence-electron chi connectivity index (χ1n) is 6.66. The molecule has 0 N–H and O–H groups in total. The molecule has 0 atom stereocenters. The van der Waals surface area contributed by atoms with Crippen LogP contribution in [0.25, 0.3) is 6.08 Å². The largest absolute Gasteiger partial charge is 0.454 e. The summed E-state index contributed by atoms with van der Waals surface area (Å²) in [6.45, 7) is 3.57. The summed E-state index contributed by atoms with van der Waals surface area (Å²) >= 11 is 7.41. The predicted molar refractivity (Wildman–Crippen MR) is 89.6 cm³/mol. The Kier molecular flexibility index (Phi) is 5.52. The van der Waals surface area contributed by atoms with Gasteiger partial charge in [0.25, 0.3) is 0 Å². The first-order chi connectivity index (χ1) is 10.5. The summed E-state index contributed by atoms with van der Waals surface area (Å²) in [4.78, 5) is 25.6. The molecule has 0 aliphatic carbocycles. The number of halogens is 1. The minimum Gasteiger partial charge on any atom is -0.454 e. The Hall–Kier alpha value is -1.91. The van der Waals surface area contributed by atoms with Gasteiger partial charge in [0, 0.05) is 26.4 Å². The zero-order valence-corrected chi connectivity index (χ0v) is 13.8. The van der Waals surface area contributed by atoms with Gasteiger partial charge in [-0.3, -0.25) is 4.79 Å². The van der Waals surface area contributed by atoms with E-state index in [4.69, 9.17) is 16.3 Å². The third-order valence-electron chi connectivity index (χ3n) is 2.95. The van der Waals surface area contributed by atoms with E-state index in [2.05, 4.69) is 0 Å². The predicted octanol–water partition coefficient (Wildman–Crippen LogP) is 4.46. The van der Waals surface area contributed by atoms with E-state index in [0.29, 0.717) is 10.6 Å². The molecule has 5 heteroatoms. The van der Waals surface area contributed by atoms with Crippen LogP contribution in [-0.2, 0) is 9.53 Å². The fourth-order valence-corrected chi connectivity index (χ4v) is 3.09. The quantitative estimate of drug-likeness (QED) is 0.460. The lowest BCUT2D eigenvalue weighted by Crippen LogP contribution is -2.12. The van der Waals surface area contributed by atoms with E-state index >= 15 is 0 Å². The number of esters is 1. The van der Waals surface area contributed by atoms with Crippen LogP contribution in [0.3, 0.4) is 0 Å². The molecular formula is C17H15ClO3S. The van der Waals surface area contributed by atoms with E-state index in [1.807, 2.05) is 26.0 Å². The molecule has 0 saturated carbocycles. The highest BCUT2D eigenvalue weighted by molar-refractivity contribution is 7.12. The number of ketones is 1. The number of hydrogen-bond acceptors (Lipinski definition) is 4. The second-order valence-electron chi connectivity index (χ2n) is 4.75. The number of aryl methyl sites for hydroxylation is 2. The van der Waals surface area contributed by atoms with Crippen molar-refractivity contribution in [1.29, 1.82) is 0 Å². The van der Waals surface area contributed by atoms with Crippen molar-refractivity contribution in [3.05, 3.63) is 62.3 Å². The molecule has 0 spiro atoms. The van der Waals surface area contributed by atoms with E-state index in [9.17, 15) is 9.59 Å². The third-order valence-corrected chi connectivity index (χ3v) is 4.15. The zero-order chi connectivity index (χ0) is 16.1. The summed E-state index contributed by atoms with van der Waals surface area (Å²) < 4.78 is 4.97. The average molecular weight is 335 g/mol. The van der Waals surface area contributed by atoms with Crippen molar-refractivity contribution in [2.45, 2.75) is 13.8 Å². The zero-order valence-electron chi connectivity index (χ0n) is 12.3. The molecule has 1 aromatic carbocycles. The lowest BCUT2D eigenvalue weighted by Gasteiger charge is -2.01. The van der Waals surface area contributed by atoms with Gasteiger partial charge in [-0.2, -0.15) is 0 Å². The van der Waals surface area contributed by atoms with Crippen molar-refractivity contribution in [3.63, 3.8) is 0 Å². The van der Waals surface area contributed by atoms with E-state index in [-0.39, 0.29) is 12.4 Å². The normalized spacial score (nSPS) is 10.9. The van der Waals surface area contributed by atoms with E-state index in [1.165, 1.54) is 6.08 Å². The van der Waals surface area contributed by atoms with Gasteiger partial charge in [-0.05, 0) is 43.7 Å². The molecule has 1 aromatic heterocycles. The lowest BCUT2D eigenvalue weighted by atomic mass is 10.2. The van der Waals surface area contributed by atoms with Gasteiger partial charge in [-0.25, -0.2) is 4.79 Å². The molecule has 2 rings (SSSR count). The monoisotopic (exact) mass is 334 g/mol. The average Bonchev–Trinajstić information content (AvgIpc) is 2.81. The van der Waals surface area contributed by atoms with Crippen LogP contribution in [0.5, 0.6) is 0 Å². The Balaban J connectivity index is 1.90. The summed E-state index contributed by atoms with van der Waals surface area (Å²) in [6, 6.07) is 8.91. The number of Topliss-reactive ketones (excluding diaryl/α,β-unsaturated/α-hetero) is 1. The van der Waals surface area contributed by atoms with E-state index in [1.54, 1.807) is 35.6 Å². The number of carbonyl (C=O) groups is 2. The number of thiophene rings is 1. The topological polar surface area (TPSA) is 43.4 Å². The smallest absolute Gasteiger partial charge is 0.331 e. The molecule has 2 aromatic rings. The molecule has 0 unspecified atom stereocenters. The Bertz CT molecular complexity index is 731. The van der Waals surface area contributed by atoms with Gasteiger partial charge in [0.15, 0.2) is 6.61 Å². The minimum absolute atomic E-state index is 0.189. The lowest BCUT2D eigenvalue weighted by molar-refractivity contribution is -0.136. The molecule has 114 valence electrons. The number of benzene rings is 1. The number of carbonyl (C=O) groups excluding carboxylic acids is 2. The van der Waals surface area contributed by atoms with Crippen LogP contribution in [0.1, 0.15) is 25.7 Å². The van der Waals surface area contributed by atoms with Crippen LogP contribution >= 0.6 is 22.9 Å². The van der Waals surface area contributed by atoms with Crippen LogP contribution in [0.2, 0.25) is 5.02 Å². The summed E-state index contributed by atoms with van der Waals surface area (Å²) in [7, 11) is 0. The number of rotatable bonds is 5. The number of ether oxygens (including phenoxy) is 1. The van der Waals surface area contributed by atoms with Gasteiger partial charge >= 0.3 is 5.97 Å². The Morgan fingerprint density at radius 3 is 2.68 bits per heavy atom. The summed E-state index contributed by atoms with van der Waals surface area (Å²) in [5, 5.41) is 0.592. The molecule has 0 radical (unpaired) electrons. The van der Waals surface area contributed by atoms with Gasteiger partial charge in [-0.1, -0.05) is 23.7 Å². The molecule has 0 aliphatic heterocycles. The third kappa shape index (κ3) is 4.55. The van der Waals surface area contributed by atoms with Gasteiger partial charge in [0.1, 0.15) is 0 Å². The van der Waals surface area contributed by atoms with Crippen molar-refractivity contribution >= 4 is 40.8 Å². The first kappa shape index (κ1) is 16.5. The molecule has 0 bridgehead atoms. The maximum Gasteiger partial charge on any atom is 0.331 e. The van der Waals surface area contributed by atoms with Gasteiger partial charge < -0.3 is 4.74 Å². The highest BCUT2D eigenvalue weighted by Gasteiger charge is 2.13. The van der Waals surface area contributed by atoms with Crippen molar-refractivity contribution in [2.75, 3.05) is 6.61 Å². The van der Waals surface area contributed by atoms with Crippen molar-refractivity contribution in [2.24, 2.45) is 0 Å². The van der Waals surface area contributed by atoms with Crippen molar-refractivity contribution < 1.29 is 14.3 Å². The highest BCUT2D eigenvalue weighted by Crippen LogP contribution is 2.21. The molecule has 1 heterocycles. The molecule has 0 aliphatic rings. The second kappa shape index (κ2) is 7.38. The molecule has 3 nitrogen and oxygen atoms in total. The fraction of sp³-hybridized carbons (Fsp3) is 0.176. The Morgan fingerprint density at radius 1 is 1.27 bits per heavy atom. The van der Waals surface area contributed by atoms with E-state index < -0.39 is 5.97 Å². The fourth-order valence-electron chi connectivity index (χ4n) is 1.94. The number of hydrogen-bond donors (Lipinski definition) is 0. The molecular weight excluding hydrogens is 320 g/mol. The van der Waals surface area contributed by atoms with Crippen molar-refractivity contribution in [3.8, 4) is 0 Å².